The molecule has 0 unspecified atom stereocenters. The smallest absolute Gasteiger partial charge is 0.161 e. The Morgan fingerprint density at radius 3 is 2.39 bits per heavy atom. The molecule has 3 nitrogen and oxygen atoms in total. The molecular formula is C24H33NO2S. The fraction of sp³-hybridized carbons (Fsp3) is 0.500. The molecule has 1 heterocycles. The third-order valence-electron chi connectivity index (χ3n) is 5.46. The first-order chi connectivity index (χ1) is 13.1. The molecule has 4 heteroatoms. The van der Waals surface area contributed by atoms with Crippen LogP contribution >= 0.6 is 11.8 Å². The summed E-state index contributed by atoms with van der Waals surface area (Å²) < 4.78 is 5.91. The van der Waals surface area contributed by atoms with Crippen molar-refractivity contribution in [2.75, 3.05) is 6.26 Å². The summed E-state index contributed by atoms with van der Waals surface area (Å²) in [5.41, 5.74) is 3.89. The zero-order valence-corrected chi connectivity index (χ0v) is 18.8. The van der Waals surface area contributed by atoms with Crippen LogP contribution in [0.2, 0.25) is 0 Å². The maximum Gasteiger partial charge on any atom is 0.161 e. The number of benzene rings is 2. The highest BCUT2D eigenvalue weighted by Gasteiger charge is 2.31. The second kappa shape index (κ2) is 8.00. The number of ether oxygens (including phenoxy) is 1. The fourth-order valence-electron chi connectivity index (χ4n) is 3.66. The van der Waals surface area contributed by atoms with Gasteiger partial charge in [0.2, 0.25) is 0 Å². The molecule has 0 saturated heterocycles. The van der Waals surface area contributed by atoms with Crippen molar-refractivity contribution in [1.29, 1.82) is 0 Å². The molecule has 2 aromatic carbocycles. The van der Waals surface area contributed by atoms with Crippen molar-refractivity contribution in [1.82, 2.24) is 4.90 Å². The highest BCUT2D eigenvalue weighted by Crippen LogP contribution is 2.35. The number of phenolic OH excluding ortho intramolecular Hbond substituents is 1. The van der Waals surface area contributed by atoms with E-state index >= 15 is 0 Å². The van der Waals surface area contributed by atoms with Gasteiger partial charge < -0.3 is 9.84 Å². The number of hydrogen-bond acceptors (Lipinski definition) is 4. The fourth-order valence-corrected chi connectivity index (χ4v) is 4.12. The molecular weight excluding hydrogens is 366 g/mol. The van der Waals surface area contributed by atoms with E-state index in [1.165, 1.54) is 21.6 Å². The highest BCUT2D eigenvalue weighted by molar-refractivity contribution is 7.98. The van der Waals surface area contributed by atoms with Crippen molar-refractivity contribution in [3.05, 3.63) is 53.1 Å². The Morgan fingerprint density at radius 2 is 1.71 bits per heavy atom. The lowest BCUT2D eigenvalue weighted by Crippen LogP contribution is -2.40. The number of fused-ring (bicyclic) bond motifs is 1. The predicted molar refractivity (Wildman–Crippen MR) is 118 cm³/mol. The Labute approximate surface area is 174 Å². The first kappa shape index (κ1) is 21.1. The van der Waals surface area contributed by atoms with Crippen molar-refractivity contribution in [3.8, 4) is 11.5 Å². The van der Waals surface area contributed by atoms with Crippen molar-refractivity contribution < 1.29 is 9.84 Å². The van der Waals surface area contributed by atoms with E-state index in [1.807, 2.05) is 32.9 Å². The molecule has 0 amide bonds. The van der Waals surface area contributed by atoms with E-state index in [1.54, 1.807) is 17.8 Å². The van der Waals surface area contributed by atoms with Gasteiger partial charge in [0.15, 0.2) is 11.5 Å². The second-order valence-electron chi connectivity index (χ2n) is 9.32. The van der Waals surface area contributed by atoms with Crippen LogP contribution < -0.4 is 4.74 Å². The number of hydrogen-bond donors (Lipinski definition) is 1. The van der Waals surface area contributed by atoms with Gasteiger partial charge in [0.25, 0.3) is 0 Å². The lowest BCUT2D eigenvalue weighted by Gasteiger charge is -2.35. The summed E-state index contributed by atoms with van der Waals surface area (Å²) in [7, 11) is 0. The van der Waals surface area contributed by atoms with Gasteiger partial charge in [-0.2, -0.15) is 0 Å². The van der Waals surface area contributed by atoms with Crippen LogP contribution in [0.5, 0.6) is 11.5 Å². The zero-order valence-electron chi connectivity index (χ0n) is 18.0. The van der Waals surface area contributed by atoms with Gasteiger partial charge in [-0.05, 0) is 94.7 Å². The minimum Gasteiger partial charge on any atom is -0.504 e. The highest BCUT2D eigenvalue weighted by atomic mass is 32.2. The van der Waals surface area contributed by atoms with E-state index in [2.05, 4.69) is 43.2 Å². The maximum atomic E-state index is 10.1. The Morgan fingerprint density at radius 1 is 1.00 bits per heavy atom. The predicted octanol–water partition coefficient (Wildman–Crippen LogP) is 6.02. The van der Waals surface area contributed by atoms with Gasteiger partial charge in [0, 0.05) is 23.5 Å². The van der Waals surface area contributed by atoms with E-state index in [0.717, 1.165) is 25.9 Å². The normalized spacial score (nSPS) is 14.9. The molecule has 0 bridgehead atoms. The van der Waals surface area contributed by atoms with Crippen LogP contribution in [0.15, 0.2) is 41.3 Å². The minimum atomic E-state index is -0.327. The average Bonchev–Trinajstić information content (AvgIpc) is 3.05. The zero-order chi connectivity index (χ0) is 20.5. The molecule has 0 fully saturated rings. The Balaban J connectivity index is 1.66. The van der Waals surface area contributed by atoms with Crippen LogP contribution in [0.1, 0.15) is 57.7 Å². The van der Waals surface area contributed by atoms with Crippen molar-refractivity contribution >= 4 is 11.8 Å². The van der Waals surface area contributed by atoms with Crippen LogP contribution in [0, 0.1) is 0 Å². The average molecular weight is 400 g/mol. The van der Waals surface area contributed by atoms with Crippen molar-refractivity contribution in [3.63, 3.8) is 0 Å². The molecule has 1 aliphatic rings. The molecule has 0 aromatic heterocycles. The summed E-state index contributed by atoms with van der Waals surface area (Å²) in [6.45, 7) is 12.7. The van der Waals surface area contributed by atoms with E-state index in [0.29, 0.717) is 5.75 Å². The monoisotopic (exact) mass is 399 g/mol. The number of nitrogens with zero attached hydrogens (tertiary/aromatic N) is 1. The summed E-state index contributed by atoms with van der Waals surface area (Å²) in [5.74, 6) is 0.776. The molecule has 1 aliphatic heterocycles. The van der Waals surface area contributed by atoms with Crippen LogP contribution in [0.25, 0.3) is 0 Å². The van der Waals surface area contributed by atoms with Crippen LogP contribution in [-0.4, -0.2) is 27.4 Å². The quantitative estimate of drug-likeness (QED) is 0.602. The Bertz CT molecular complexity index is 839. The number of aromatic hydroxyl groups is 1. The van der Waals surface area contributed by atoms with Crippen molar-refractivity contribution in [2.24, 2.45) is 0 Å². The molecule has 0 saturated carbocycles. The molecule has 2 aromatic rings. The molecule has 3 rings (SSSR count). The topological polar surface area (TPSA) is 32.7 Å². The number of aryl methyl sites for hydroxylation is 1. The second-order valence-corrected chi connectivity index (χ2v) is 10.2. The Kier molecular flexibility index (Phi) is 6.02. The summed E-state index contributed by atoms with van der Waals surface area (Å²) in [6.07, 6.45) is 4.14. The number of thioether (sulfide) groups is 1. The third-order valence-corrected chi connectivity index (χ3v) is 6.18. The number of phenols is 1. The van der Waals surface area contributed by atoms with Gasteiger partial charge in [-0.25, -0.2) is 0 Å². The summed E-state index contributed by atoms with van der Waals surface area (Å²) >= 11 is 1.81. The molecule has 152 valence electrons. The van der Waals surface area contributed by atoms with Gasteiger partial charge in [-0.1, -0.05) is 12.1 Å². The summed E-state index contributed by atoms with van der Waals surface area (Å²) in [5, 5.41) is 10.1. The third kappa shape index (κ3) is 5.03. The summed E-state index contributed by atoms with van der Waals surface area (Å²) in [4.78, 5) is 3.92. The standard InChI is InChI=1S/C24H33NO2S/c1-23(2,3)27-22-13-17(7-10-21(22)26)11-12-24(4,5)25-15-18-8-9-20(28-6)14-19(18)16-25/h7-10,13-14,26H,11-12,15-16H2,1-6H3. The largest absolute Gasteiger partial charge is 0.504 e. The molecule has 0 radical (unpaired) electrons. The van der Waals surface area contributed by atoms with E-state index in [4.69, 9.17) is 4.74 Å². The molecule has 28 heavy (non-hydrogen) atoms. The van der Waals surface area contributed by atoms with Crippen LogP contribution in [-0.2, 0) is 19.5 Å². The van der Waals surface area contributed by atoms with Gasteiger partial charge in [0.1, 0.15) is 5.60 Å². The van der Waals surface area contributed by atoms with Gasteiger partial charge in [0.05, 0.1) is 0 Å². The minimum absolute atomic E-state index is 0.0987. The Hall–Kier alpha value is -1.65. The molecule has 0 spiro atoms. The maximum absolute atomic E-state index is 10.1. The first-order valence-electron chi connectivity index (χ1n) is 9.99. The molecule has 1 N–H and O–H groups in total. The van der Waals surface area contributed by atoms with E-state index in [-0.39, 0.29) is 16.9 Å². The van der Waals surface area contributed by atoms with Gasteiger partial charge in [-0.15, -0.1) is 11.8 Å². The van der Waals surface area contributed by atoms with E-state index in [9.17, 15) is 5.11 Å². The van der Waals surface area contributed by atoms with E-state index < -0.39 is 0 Å². The SMILES string of the molecule is CSc1ccc2c(c1)CN(C(C)(C)CCc1ccc(O)c(OC(C)(C)C)c1)C2. The molecule has 0 atom stereocenters. The summed E-state index contributed by atoms with van der Waals surface area (Å²) in [6, 6.07) is 12.6. The lowest BCUT2D eigenvalue weighted by molar-refractivity contribution is 0.109. The van der Waals surface area contributed by atoms with Gasteiger partial charge in [-0.3, -0.25) is 4.90 Å². The lowest BCUT2D eigenvalue weighted by atomic mass is 9.93. The van der Waals surface area contributed by atoms with Gasteiger partial charge >= 0.3 is 0 Å². The number of rotatable bonds is 6. The first-order valence-corrected chi connectivity index (χ1v) is 11.2. The van der Waals surface area contributed by atoms with Crippen molar-refractivity contribution in [2.45, 2.75) is 76.6 Å². The van der Waals surface area contributed by atoms with Crippen LogP contribution in [0.3, 0.4) is 0 Å². The van der Waals surface area contributed by atoms with Crippen LogP contribution in [0.4, 0.5) is 0 Å². The molecule has 0 aliphatic carbocycles.